The molecule has 1 aromatic carbocycles. The van der Waals surface area contributed by atoms with E-state index in [-0.39, 0.29) is 11.6 Å². The third kappa shape index (κ3) is 2.94. The van der Waals surface area contributed by atoms with Crippen LogP contribution in [0, 0.1) is 11.6 Å². The summed E-state index contributed by atoms with van der Waals surface area (Å²) in [6, 6.07) is 2.51. The van der Waals surface area contributed by atoms with Crippen LogP contribution in [0.2, 0.25) is 0 Å². The van der Waals surface area contributed by atoms with Crippen LogP contribution in [0.3, 0.4) is 0 Å². The van der Waals surface area contributed by atoms with Crippen LogP contribution in [-0.4, -0.2) is 37.3 Å². The first kappa shape index (κ1) is 16.3. The van der Waals surface area contributed by atoms with Crippen molar-refractivity contribution in [3.63, 3.8) is 0 Å². The molecule has 0 aliphatic carbocycles. The van der Waals surface area contributed by atoms with E-state index in [1.807, 2.05) is 0 Å². The molecule has 0 saturated carbocycles. The van der Waals surface area contributed by atoms with E-state index in [0.717, 1.165) is 24.6 Å². The fourth-order valence-corrected chi connectivity index (χ4v) is 3.31. The Kier molecular flexibility index (Phi) is 4.16. The molecular formula is C18H15F2N5O. The molecule has 1 amide bonds. The minimum atomic E-state index is -0.778. The summed E-state index contributed by atoms with van der Waals surface area (Å²) in [6.07, 6.45) is 7.87. The van der Waals surface area contributed by atoms with E-state index in [0.29, 0.717) is 30.2 Å². The molecule has 0 unspecified atom stereocenters. The Labute approximate surface area is 147 Å². The predicted molar refractivity (Wildman–Crippen MR) is 89.0 cm³/mol. The van der Waals surface area contributed by atoms with E-state index in [4.69, 9.17) is 0 Å². The van der Waals surface area contributed by atoms with Crippen molar-refractivity contribution in [1.29, 1.82) is 0 Å². The van der Waals surface area contributed by atoms with Crippen molar-refractivity contribution < 1.29 is 13.6 Å². The zero-order valence-electron chi connectivity index (χ0n) is 13.7. The second-order valence-corrected chi connectivity index (χ2v) is 6.04. The zero-order chi connectivity index (χ0) is 18.1. The van der Waals surface area contributed by atoms with Gasteiger partial charge in [0.2, 0.25) is 0 Å². The van der Waals surface area contributed by atoms with Gasteiger partial charge in [-0.25, -0.2) is 18.7 Å². The minimum Gasteiger partial charge on any atom is -0.343 e. The van der Waals surface area contributed by atoms with Gasteiger partial charge in [-0.15, -0.1) is 0 Å². The third-order valence-electron chi connectivity index (χ3n) is 4.39. The Balaban J connectivity index is 1.71. The van der Waals surface area contributed by atoms with Gasteiger partial charge in [0.1, 0.15) is 17.3 Å². The second kappa shape index (κ2) is 6.62. The molecule has 26 heavy (non-hydrogen) atoms. The number of hydrogen-bond donors (Lipinski definition) is 1. The van der Waals surface area contributed by atoms with Gasteiger partial charge in [-0.2, -0.15) is 0 Å². The van der Waals surface area contributed by atoms with Gasteiger partial charge < -0.3 is 9.88 Å². The summed E-state index contributed by atoms with van der Waals surface area (Å²) >= 11 is 0. The Morgan fingerprint density at radius 3 is 2.58 bits per heavy atom. The van der Waals surface area contributed by atoms with Crippen molar-refractivity contribution in [2.45, 2.75) is 18.9 Å². The van der Waals surface area contributed by atoms with E-state index in [1.54, 1.807) is 29.7 Å². The number of H-pyrrole nitrogens is 1. The number of aromatic nitrogens is 4. The van der Waals surface area contributed by atoms with E-state index in [1.165, 1.54) is 0 Å². The van der Waals surface area contributed by atoms with Gasteiger partial charge in [0.15, 0.2) is 5.82 Å². The number of carbonyl (C=O) groups is 1. The number of benzene rings is 1. The van der Waals surface area contributed by atoms with Gasteiger partial charge in [0, 0.05) is 43.0 Å². The molecule has 132 valence electrons. The van der Waals surface area contributed by atoms with Crippen molar-refractivity contribution >= 4 is 5.91 Å². The SMILES string of the molecule is O=C(c1cc(F)cc(F)c1)N1CCC[C@@H]1c1nccnc1-c1ncc[nH]1. The summed E-state index contributed by atoms with van der Waals surface area (Å²) in [5.74, 6) is -1.43. The number of likely N-dealkylation sites (tertiary alicyclic amines) is 1. The van der Waals surface area contributed by atoms with Gasteiger partial charge in [-0.3, -0.25) is 9.78 Å². The monoisotopic (exact) mass is 355 g/mol. The quantitative estimate of drug-likeness (QED) is 0.783. The molecule has 1 atom stereocenters. The average Bonchev–Trinajstić information content (AvgIpc) is 3.32. The highest BCUT2D eigenvalue weighted by molar-refractivity contribution is 5.94. The Hall–Kier alpha value is -3.16. The Morgan fingerprint density at radius 1 is 1.08 bits per heavy atom. The number of hydrogen-bond acceptors (Lipinski definition) is 4. The molecule has 1 fully saturated rings. The molecule has 0 bridgehead atoms. The molecule has 1 aliphatic heterocycles. The molecule has 4 rings (SSSR count). The second-order valence-electron chi connectivity index (χ2n) is 6.04. The van der Waals surface area contributed by atoms with Crippen LogP contribution < -0.4 is 0 Å². The summed E-state index contributed by atoms with van der Waals surface area (Å²) in [6.45, 7) is 0.482. The number of aromatic amines is 1. The first-order valence-corrected chi connectivity index (χ1v) is 8.21. The molecule has 2 aromatic heterocycles. The van der Waals surface area contributed by atoms with Crippen molar-refractivity contribution in [1.82, 2.24) is 24.8 Å². The number of nitrogens with one attached hydrogen (secondary N) is 1. The largest absolute Gasteiger partial charge is 0.343 e. The third-order valence-corrected chi connectivity index (χ3v) is 4.39. The van der Waals surface area contributed by atoms with Crippen LogP contribution in [-0.2, 0) is 0 Å². The topological polar surface area (TPSA) is 74.8 Å². The van der Waals surface area contributed by atoms with Crippen molar-refractivity contribution in [3.8, 4) is 11.5 Å². The van der Waals surface area contributed by atoms with E-state index < -0.39 is 17.5 Å². The molecule has 3 heterocycles. The highest BCUT2D eigenvalue weighted by Gasteiger charge is 2.34. The summed E-state index contributed by atoms with van der Waals surface area (Å²) in [5, 5.41) is 0. The van der Waals surface area contributed by atoms with Crippen LogP contribution in [0.4, 0.5) is 8.78 Å². The molecule has 0 spiro atoms. The Morgan fingerprint density at radius 2 is 1.85 bits per heavy atom. The van der Waals surface area contributed by atoms with E-state index in [9.17, 15) is 13.6 Å². The number of nitrogens with zero attached hydrogens (tertiary/aromatic N) is 4. The molecule has 1 N–H and O–H groups in total. The number of rotatable bonds is 3. The number of amides is 1. The highest BCUT2D eigenvalue weighted by Crippen LogP contribution is 2.35. The summed E-state index contributed by atoms with van der Waals surface area (Å²) in [7, 11) is 0. The lowest BCUT2D eigenvalue weighted by Gasteiger charge is -2.25. The maximum Gasteiger partial charge on any atom is 0.254 e. The molecule has 1 aliphatic rings. The molecule has 1 saturated heterocycles. The molecule has 8 heteroatoms. The van der Waals surface area contributed by atoms with Crippen LogP contribution in [0.15, 0.2) is 43.0 Å². The van der Waals surface area contributed by atoms with Crippen LogP contribution >= 0.6 is 0 Å². The normalized spacial score (nSPS) is 16.8. The first-order valence-electron chi connectivity index (χ1n) is 8.21. The van der Waals surface area contributed by atoms with E-state index in [2.05, 4.69) is 19.9 Å². The number of halogens is 2. The predicted octanol–water partition coefficient (Wildman–Crippen LogP) is 3.12. The lowest BCUT2D eigenvalue weighted by Crippen LogP contribution is -2.31. The number of carbonyl (C=O) groups excluding carboxylic acids is 1. The van der Waals surface area contributed by atoms with Gasteiger partial charge in [0.05, 0.1) is 11.7 Å². The van der Waals surface area contributed by atoms with E-state index >= 15 is 0 Å². The van der Waals surface area contributed by atoms with Gasteiger partial charge in [0.25, 0.3) is 5.91 Å². The molecule has 6 nitrogen and oxygen atoms in total. The highest BCUT2D eigenvalue weighted by atomic mass is 19.1. The first-order chi connectivity index (χ1) is 12.6. The summed E-state index contributed by atoms with van der Waals surface area (Å²) < 4.78 is 27.0. The lowest BCUT2D eigenvalue weighted by molar-refractivity contribution is 0.0732. The fraction of sp³-hybridized carbons (Fsp3) is 0.222. The van der Waals surface area contributed by atoms with Gasteiger partial charge in [-0.05, 0) is 25.0 Å². The molecule has 0 radical (unpaired) electrons. The molecular weight excluding hydrogens is 340 g/mol. The van der Waals surface area contributed by atoms with Gasteiger partial charge in [-0.1, -0.05) is 0 Å². The fourth-order valence-electron chi connectivity index (χ4n) is 3.31. The average molecular weight is 355 g/mol. The maximum absolute atomic E-state index is 13.5. The van der Waals surface area contributed by atoms with Crippen LogP contribution in [0.5, 0.6) is 0 Å². The smallest absolute Gasteiger partial charge is 0.254 e. The lowest BCUT2D eigenvalue weighted by atomic mass is 10.1. The summed E-state index contributed by atoms with van der Waals surface area (Å²) in [4.78, 5) is 30.4. The minimum absolute atomic E-state index is 0.0159. The van der Waals surface area contributed by atoms with Crippen LogP contribution in [0.25, 0.3) is 11.5 Å². The van der Waals surface area contributed by atoms with Crippen molar-refractivity contribution in [2.24, 2.45) is 0 Å². The maximum atomic E-state index is 13.5. The van der Waals surface area contributed by atoms with Crippen molar-refractivity contribution in [3.05, 3.63) is 65.9 Å². The van der Waals surface area contributed by atoms with Crippen molar-refractivity contribution in [2.75, 3.05) is 6.54 Å². The van der Waals surface area contributed by atoms with Gasteiger partial charge >= 0.3 is 0 Å². The number of imidazole rings is 1. The Bertz CT molecular complexity index is 924. The zero-order valence-corrected chi connectivity index (χ0v) is 13.7. The molecule has 3 aromatic rings. The summed E-state index contributed by atoms with van der Waals surface area (Å²) in [5.41, 5.74) is 1.16. The van der Waals surface area contributed by atoms with Crippen LogP contribution in [0.1, 0.15) is 34.9 Å². The standard InChI is InChI=1S/C18H15F2N5O/c19-12-8-11(9-13(20)10-12)18(26)25-7-1-2-14(25)15-16(22-4-3-21-15)17-23-5-6-24-17/h3-6,8-10,14H,1-2,7H2,(H,23,24)/t14-/m1/s1.